The van der Waals surface area contributed by atoms with Crippen LogP contribution in [0, 0.1) is 11.3 Å². The third kappa shape index (κ3) is 4.27. The zero-order valence-corrected chi connectivity index (χ0v) is 14.0. The predicted molar refractivity (Wildman–Crippen MR) is 91.3 cm³/mol. The number of hydrogen-bond acceptors (Lipinski definition) is 5. The molecule has 2 heterocycles. The highest BCUT2D eigenvalue weighted by Gasteiger charge is 2.32. The Balaban J connectivity index is 1.40. The number of aryl methyl sites for hydroxylation is 1. The van der Waals surface area contributed by atoms with Crippen LogP contribution in [-0.4, -0.2) is 42.1 Å². The van der Waals surface area contributed by atoms with E-state index in [0.717, 1.165) is 11.3 Å². The molecule has 3 rings (SSSR count). The second kappa shape index (κ2) is 7.67. The van der Waals surface area contributed by atoms with E-state index in [1.165, 1.54) is 6.20 Å². The van der Waals surface area contributed by atoms with Crippen molar-refractivity contribution in [1.82, 2.24) is 9.88 Å². The van der Waals surface area contributed by atoms with Crippen molar-refractivity contribution in [3.8, 4) is 17.7 Å². The Labute approximate surface area is 146 Å². The standard InChI is InChI=1S/C19H19N3O3/c1-24-16-6-2-14(3-7-16)5-9-19(23)22-12-17(13-22)25-18-8-4-15(10-20)11-21-18/h2-4,6-8,11,17H,5,9,12-13H2,1H3. The van der Waals surface area contributed by atoms with Gasteiger partial charge in [-0.25, -0.2) is 4.98 Å². The minimum absolute atomic E-state index is 0.0367. The maximum absolute atomic E-state index is 12.2. The summed E-state index contributed by atoms with van der Waals surface area (Å²) in [7, 11) is 1.63. The molecule has 0 atom stereocenters. The Kier molecular flexibility index (Phi) is 5.14. The fourth-order valence-electron chi connectivity index (χ4n) is 2.60. The molecule has 0 bridgehead atoms. The Morgan fingerprint density at radius 1 is 1.28 bits per heavy atom. The molecule has 1 aliphatic rings. The molecular formula is C19H19N3O3. The van der Waals surface area contributed by atoms with Crippen LogP contribution in [0.25, 0.3) is 0 Å². The predicted octanol–water partition coefficient (Wildman–Crippen LogP) is 2.18. The summed E-state index contributed by atoms with van der Waals surface area (Å²) in [5.41, 5.74) is 1.61. The molecule has 1 aliphatic heterocycles. The number of pyridine rings is 1. The molecule has 0 saturated carbocycles. The fraction of sp³-hybridized carbons (Fsp3) is 0.316. The highest BCUT2D eigenvalue weighted by atomic mass is 16.5. The maximum Gasteiger partial charge on any atom is 0.223 e. The van der Waals surface area contributed by atoms with E-state index in [0.29, 0.717) is 37.4 Å². The van der Waals surface area contributed by atoms with Crippen molar-refractivity contribution in [1.29, 1.82) is 5.26 Å². The number of carbonyl (C=O) groups excluding carboxylic acids is 1. The molecule has 0 N–H and O–H groups in total. The molecule has 25 heavy (non-hydrogen) atoms. The minimum atomic E-state index is -0.0367. The van der Waals surface area contributed by atoms with E-state index < -0.39 is 0 Å². The van der Waals surface area contributed by atoms with Gasteiger partial charge in [-0.15, -0.1) is 0 Å². The number of amides is 1. The lowest BCUT2D eigenvalue weighted by Gasteiger charge is -2.38. The van der Waals surface area contributed by atoms with Crippen molar-refractivity contribution in [3.63, 3.8) is 0 Å². The van der Waals surface area contributed by atoms with E-state index >= 15 is 0 Å². The number of nitrogens with zero attached hydrogens (tertiary/aromatic N) is 3. The summed E-state index contributed by atoms with van der Waals surface area (Å²) in [5.74, 6) is 1.42. The summed E-state index contributed by atoms with van der Waals surface area (Å²) < 4.78 is 10.8. The SMILES string of the molecule is COc1ccc(CCC(=O)N2CC(Oc3ccc(C#N)cn3)C2)cc1. The Bertz CT molecular complexity index is 760. The summed E-state index contributed by atoms with van der Waals surface area (Å²) in [4.78, 5) is 18.1. The van der Waals surface area contributed by atoms with Gasteiger partial charge in [-0.3, -0.25) is 4.79 Å². The van der Waals surface area contributed by atoms with Gasteiger partial charge in [-0.05, 0) is 30.2 Å². The van der Waals surface area contributed by atoms with Crippen molar-refractivity contribution in [2.45, 2.75) is 18.9 Å². The van der Waals surface area contributed by atoms with Crippen LogP contribution in [-0.2, 0) is 11.2 Å². The van der Waals surface area contributed by atoms with Gasteiger partial charge in [0.25, 0.3) is 0 Å². The van der Waals surface area contributed by atoms with Crippen molar-refractivity contribution < 1.29 is 14.3 Å². The number of rotatable bonds is 6. The molecule has 1 aromatic carbocycles. The number of nitriles is 1. The molecule has 0 aliphatic carbocycles. The summed E-state index contributed by atoms with van der Waals surface area (Å²) in [5, 5.41) is 8.74. The average Bonchev–Trinajstić information content (AvgIpc) is 2.63. The second-order valence-corrected chi connectivity index (χ2v) is 5.88. The van der Waals surface area contributed by atoms with Gasteiger partial charge in [0, 0.05) is 18.7 Å². The van der Waals surface area contributed by atoms with Gasteiger partial charge in [-0.2, -0.15) is 5.26 Å². The van der Waals surface area contributed by atoms with Crippen LogP contribution in [0.3, 0.4) is 0 Å². The number of aromatic nitrogens is 1. The summed E-state index contributed by atoms with van der Waals surface area (Å²) >= 11 is 0. The van der Waals surface area contributed by atoms with Gasteiger partial charge in [-0.1, -0.05) is 12.1 Å². The first-order valence-corrected chi connectivity index (χ1v) is 8.11. The molecule has 6 heteroatoms. The zero-order valence-electron chi connectivity index (χ0n) is 14.0. The first-order valence-electron chi connectivity index (χ1n) is 8.11. The highest BCUT2D eigenvalue weighted by Crippen LogP contribution is 2.18. The van der Waals surface area contributed by atoms with Crippen LogP contribution in [0.2, 0.25) is 0 Å². The van der Waals surface area contributed by atoms with Crippen molar-refractivity contribution >= 4 is 5.91 Å². The maximum atomic E-state index is 12.2. The van der Waals surface area contributed by atoms with Crippen LogP contribution >= 0.6 is 0 Å². The molecule has 6 nitrogen and oxygen atoms in total. The van der Waals surface area contributed by atoms with Crippen molar-refractivity contribution in [2.24, 2.45) is 0 Å². The number of ether oxygens (including phenoxy) is 2. The molecule has 1 saturated heterocycles. The Morgan fingerprint density at radius 3 is 2.64 bits per heavy atom. The number of methoxy groups -OCH3 is 1. The van der Waals surface area contributed by atoms with Crippen LogP contribution in [0.1, 0.15) is 17.5 Å². The molecule has 1 fully saturated rings. The highest BCUT2D eigenvalue weighted by molar-refractivity contribution is 5.77. The first kappa shape index (κ1) is 16.8. The fourth-order valence-corrected chi connectivity index (χ4v) is 2.60. The average molecular weight is 337 g/mol. The van der Waals surface area contributed by atoms with Crippen LogP contribution in [0.4, 0.5) is 0 Å². The smallest absolute Gasteiger partial charge is 0.223 e. The molecular weight excluding hydrogens is 318 g/mol. The van der Waals surface area contributed by atoms with Gasteiger partial charge < -0.3 is 14.4 Å². The van der Waals surface area contributed by atoms with Crippen LogP contribution < -0.4 is 9.47 Å². The summed E-state index contributed by atoms with van der Waals surface area (Å²) in [6.45, 7) is 1.15. The van der Waals surface area contributed by atoms with Gasteiger partial charge in [0.1, 0.15) is 17.9 Å². The minimum Gasteiger partial charge on any atom is -0.497 e. The largest absolute Gasteiger partial charge is 0.497 e. The third-order valence-electron chi connectivity index (χ3n) is 4.14. The Hall–Kier alpha value is -3.07. The van der Waals surface area contributed by atoms with E-state index in [9.17, 15) is 4.79 Å². The summed E-state index contributed by atoms with van der Waals surface area (Å²) in [6, 6.07) is 13.1. The number of likely N-dealkylation sites (tertiary alicyclic amines) is 1. The lowest BCUT2D eigenvalue weighted by atomic mass is 10.1. The van der Waals surface area contributed by atoms with E-state index in [1.807, 2.05) is 30.3 Å². The second-order valence-electron chi connectivity index (χ2n) is 5.88. The molecule has 1 aromatic heterocycles. The van der Waals surface area contributed by atoms with Gasteiger partial charge in [0.15, 0.2) is 0 Å². The lowest BCUT2D eigenvalue weighted by molar-refractivity contribution is -0.140. The molecule has 0 radical (unpaired) electrons. The van der Waals surface area contributed by atoms with Gasteiger partial charge >= 0.3 is 0 Å². The van der Waals surface area contributed by atoms with Gasteiger partial charge in [0.05, 0.1) is 25.8 Å². The number of benzene rings is 1. The van der Waals surface area contributed by atoms with Gasteiger partial charge in [0.2, 0.25) is 11.8 Å². The summed E-state index contributed by atoms with van der Waals surface area (Å²) in [6.07, 6.45) is 2.63. The van der Waals surface area contributed by atoms with E-state index in [4.69, 9.17) is 14.7 Å². The molecule has 128 valence electrons. The van der Waals surface area contributed by atoms with E-state index in [2.05, 4.69) is 4.98 Å². The van der Waals surface area contributed by atoms with E-state index in [-0.39, 0.29) is 12.0 Å². The monoisotopic (exact) mass is 337 g/mol. The van der Waals surface area contributed by atoms with Crippen molar-refractivity contribution in [2.75, 3.05) is 20.2 Å². The molecule has 0 unspecified atom stereocenters. The number of hydrogen-bond donors (Lipinski definition) is 0. The topological polar surface area (TPSA) is 75.4 Å². The van der Waals surface area contributed by atoms with Crippen molar-refractivity contribution in [3.05, 3.63) is 53.7 Å². The lowest BCUT2D eigenvalue weighted by Crippen LogP contribution is -2.56. The third-order valence-corrected chi connectivity index (χ3v) is 4.14. The normalized spacial score (nSPS) is 13.7. The Morgan fingerprint density at radius 2 is 2.04 bits per heavy atom. The van der Waals surface area contributed by atoms with E-state index in [1.54, 1.807) is 24.1 Å². The molecule has 0 spiro atoms. The molecule has 1 amide bonds. The van der Waals surface area contributed by atoms with Crippen LogP contribution in [0.5, 0.6) is 11.6 Å². The number of carbonyl (C=O) groups is 1. The zero-order chi connectivity index (χ0) is 17.6. The first-order chi connectivity index (χ1) is 12.2. The quantitative estimate of drug-likeness (QED) is 0.807. The molecule has 2 aromatic rings. The van der Waals surface area contributed by atoms with Crippen LogP contribution in [0.15, 0.2) is 42.6 Å².